The van der Waals surface area contributed by atoms with E-state index >= 15 is 0 Å². The fourth-order valence-electron chi connectivity index (χ4n) is 2.60. The summed E-state index contributed by atoms with van der Waals surface area (Å²) in [6, 6.07) is 3.40. The zero-order valence-corrected chi connectivity index (χ0v) is 12.2. The first kappa shape index (κ1) is 14.8. The molecule has 1 aromatic heterocycles. The lowest BCUT2D eigenvalue weighted by molar-refractivity contribution is 0.0688. The van der Waals surface area contributed by atoms with Gasteiger partial charge in [0.25, 0.3) is 11.5 Å². The number of likely N-dealkylation sites (tertiary alicyclic amines) is 1. The highest BCUT2D eigenvalue weighted by Gasteiger charge is 2.24. The summed E-state index contributed by atoms with van der Waals surface area (Å²) in [4.78, 5) is 28.6. The van der Waals surface area contributed by atoms with Gasteiger partial charge in [-0.1, -0.05) is 6.92 Å². The van der Waals surface area contributed by atoms with Crippen molar-refractivity contribution in [1.82, 2.24) is 15.2 Å². The maximum Gasteiger partial charge on any atom is 0.260 e. The van der Waals surface area contributed by atoms with Gasteiger partial charge in [0.05, 0.1) is 0 Å². The summed E-state index contributed by atoms with van der Waals surface area (Å²) >= 11 is 0. The van der Waals surface area contributed by atoms with E-state index < -0.39 is 0 Å². The quantitative estimate of drug-likeness (QED) is 0.867. The summed E-state index contributed by atoms with van der Waals surface area (Å²) in [5, 5.41) is 3.35. The molecule has 1 aromatic rings. The van der Waals surface area contributed by atoms with Crippen molar-refractivity contribution in [2.45, 2.75) is 26.7 Å². The van der Waals surface area contributed by atoms with Gasteiger partial charge in [-0.3, -0.25) is 9.59 Å². The number of aromatic amines is 1. The fourth-order valence-corrected chi connectivity index (χ4v) is 2.60. The Hall–Kier alpha value is -1.62. The van der Waals surface area contributed by atoms with Crippen molar-refractivity contribution < 1.29 is 4.79 Å². The lowest BCUT2D eigenvalue weighted by Crippen LogP contribution is -2.42. The van der Waals surface area contributed by atoms with E-state index in [0.717, 1.165) is 44.7 Å². The number of carbonyl (C=O) groups excluding carboxylic acids is 1. The molecule has 5 heteroatoms. The largest absolute Gasteiger partial charge is 0.338 e. The van der Waals surface area contributed by atoms with E-state index in [9.17, 15) is 9.59 Å². The van der Waals surface area contributed by atoms with Crippen LogP contribution in [0, 0.1) is 12.8 Å². The lowest BCUT2D eigenvalue weighted by atomic mass is 9.96. The Morgan fingerprint density at radius 2 is 2.10 bits per heavy atom. The SMILES string of the molecule is CCNCC1CCN(C(=O)c2ccc(C)[nH]c2=O)CC1. The predicted molar refractivity (Wildman–Crippen MR) is 79.0 cm³/mol. The van der Waals surface area contributed by atoms with E-state index in [1.807, 2.05) is 6.92 Å². The van der Waals surface area contributed by atoms with Crippen molar-refractivity contribution >= 4 is 5.91 Å². The van der Waals surface area contributed by atoms with Crippen molar-refractivity contribution in [1.29, 1.82) is 0 Å². The van der Waals surface area contributed by atoms with Gasteiger partial charge in [-0.15, -0.1) is 0 Å². The average Bonchev–Trinajstić information content (AvgIpc) is 2.45. The van der Waals surface area contributed by atoms with Crippen LogP contribution in [-0.4, -0.2) is 42.0 Å². The molecule has 0 atom stereocenters. The van der Waals surface area contributed by atoms with Crippen LogP contribution >= 0.6 is 0 Å². The van der Waals surface area contributed by atoms with Crippen LogP contribution in [0.25, 0.3) is 0 Å². The van der Waals surface area contributed by atoms with Gasteiger partial charge < -0.3 is 15.2 Å². The van der Waals surface area contributed by atoms with Crippen LogP contribution < -0.4 is 10.9 Å². The number of amides is 1. The number of hydrogen-bond donors (Lipinski definition) is 2. The maximum absolute atomic E-state index is 12.3. The molecule has 0 spiro atoms. The number of piperidine rings is 1. The zero-order valence-electron chi connectivity index (χ0n) is 12.2. The molecule has 0 aliphatic carbocycles. The van der Waals surface area contributed by atoms with Crippen LogP contribution in [0.15, 0.2) is 16.9 Å². The molecule has 0 saturated carbocycles. The minimum Gasteiger partial charge on any atom is -0.338 e. The number of pyridine rings is 1. The van der Waals surface area contributed by atoms with Crippen LogP contribution in [0.1, 0.15) is 35.8 Å². The van der Waals surface area contributed by atoms with Crippen molar-refractivity contribution in [2.24, 2.45) is 5.92 Å². The summed E-state index contributed by atoms with van der Waals surface area (Å²) in [5.74, 6) is 0.489. The fraction of sp³-hybridized carbons (Fsp3) is 0.600. The molecule has 2 rings (SSSR count). The summed E-state index contributed by atoms with van der Waals surface area (Å²) in [5.41, 5.74) is 0.737. The third kappa shape index (κ3) is 3.48. The highest BCUT2D eigenvalue weighted by atomic mass is 16.2. The Labute approximate surface area is 119 Å². The summed E-state index contributed by atoms with van der Waals surface area (Å²) in [6.07, 6.45) is 2.00. The molecule has 1 saturated heterocycles. The summed E-state index contributed by atoms with van der Waals surface area (Å²) in [6.45, 7) is 7.39. The Morgan fingerprint density at radius 1 is 1.40 bits per heavy atom. The Kier molecular flexibility index (Phi) is 4.95. The van der Waals surface area contributed by atoms with Gasteiger partial charge >= 0.3 is 0 Å². The van der Waals surface area contributed by atoms with Gasteiger partial charge in [0.2, 0.25) is 0 Å². The number of nitrogens with one attached hydrogen (secondary N) is 2. The number of rotatable bonds is 4. The summed E-state index contributed by atoms with van der Waals surface area (Å²) in [7, 11) is 0. The highest BCUT2D eigenvalue weighted by Crippen LogP contribution is 2.17. The molecule has 0 unspecified atom stereocenters. The van der Waals surface area contributed by atoms with Gasteiger partial charge in [-0.25, -0.2) is 0 Å². The molecule has 20 heavy (non-hydrogen) atoms. The maximum atomic E-state index is 12.3. The molecule has 1 aliphatic rings. The topological polar surface area (TPSA) is 65.2 Å². The smallest absolute Gasteiger partial charge is 0.260 e. The van der Waals surface area contributed by atoms with Crippen molar-refractivity contribution in [3.8, 4) is 0 Å². The van der Waals surface area contributed by atoms with Crippen molar-refractivity contribution in [2.75, 3.05) is 26.2 Å². The van der Waals surface area contributed by atoms with E-state index in [2.05, 4.69) is 17.2 Å². The Balaban J connectivity index is 1.96. The lowest BCUT2D eigenvalue weighted by Gasteiger charge is -2.32. The van der Waals surface area contributed by atoms with E-state index in [4.69, 9.17) is 0 Å². The molecule has 0 aromatic carbocycles. The standard InChI is InChI=1S/C15H23N3O2/c1-3-16-10-12-6-8-18(9-7-12)15(20)13-5-4-11(2)17-14(13)19/h4-5,12,16H,3,6-10H2,1-2H3,(H,17,19). The number of nitrogens with zero attached hydrogens (tertiary/aromatic N) is 1. The third-order valence-electron chi connectivity index (χ3n) is 3.87. The van der Waals surface area contributed by atoms with Crippen molar-refractivity contribution in [3.63, 3.8) is 0 Å². The van der Waals surface area contributed by atoms with Gasteiger partial charge in [-0.05, 0) is 50.9 Å². The second kappa shape index (κ2) is 6.70. The molecule has 1 aliphatic heterocycles. The van der Waals surface area contributed by atoms with Crippen molar-refractivity contribution in [3.05, 3.63) is 33.7 Å². The first-order valence-corrected chi connectivity index (χ1v) is 7.31. The molecule has 0 bridgehead atoms. The molecule has 2 N–H and O–H groups in total. The van der Waals surface area contributed by atoms with E-state index in [1.54, 1.807) is 17.0 Å². The van der Waals surface area contributed by atoms with Gasteiger partial charge in [0.15, 0.2) is 0 Å². The van der Waals surface area contributed by atoms with Crippen LogP contribution in [0.4, 0.5) is 0 Å². The number of hydrogen-bond acceptors (Lipinski definition) is 3. The molecule has 0 radical (unpaired) electrons. The number of carbonyl (C=O) groups is 1. The third-order valence-corrected chi connectivity index (χ3v) is 3.87. The Bertz CT molecular complexity index is 516. The minimum absolute atomic E-state index is 0.145. The average molecular weight is 277 g/mol. The first-order valence-electron chi connectivity index (χ1n) is 7.31. The molecule has 5 nitrogen and oxygen atoms in total. The number of H-pyrrole nitrogens is 1. The number of aryl methyl sites for hydroxylation is 1. The van der Waals surface area contributed by atoms with Crippen LogP contribution in [0.5, 0.6) is 0 Å². The summed E-state index contributed by atoms with van der Waals surface area (Å²) < 4.78 is 0. The predicted octanol–water partition coefficient (Wildman–Crippen LogP) is 1.15. The first-order chi connectivity index (χ1) is 9.61. The van der Waals surface area contributed by atoms with Gasteiger partial charge in [-0.2, -0.15) is 0 Å². The molecule has 110 valence electrons. The Morgan fingerprint density at radius 3 is 2.70 bits per heavy atom. The van der Waals surface area contributed by atoms with E-state index in [0.29, 0.717) is 5.92 Å². The second-order valence-electron chi connectivity index (χ2n) is 5.43. The van der Waals surface area contributed by atoms with E-state index in [-0.39, 0.29) is 17.0 Å². The number of aromatic nitrogens is 1. The monoisotopic (exact) mass is 277 g/mol. The minimum atomic E-state index is -0.287. The van der Waals surface area contributed by atoms with Gasteiger partial charge in [0, 0.05) is 18.8 Å². The zero-order chi connectivity index (χ0) is 14.5. The van der Waals surface area contributed by atoms with Crippen LogP contribution in [-0.2, 0) is 0 Å². The highest BCUT2D eigenvalue weighted by molar-refractivity contribution is 5.93. The van der Waals surface area contributed by atoms with Crippen LogP contribution in [0.3, 0.4) is 0 Å². The normalized spacial score (nSPS) is 16.4. The van der Waals surface area contributed by atoms with Gasteiger partial charge in [0.1, 0.15) is 5.56 Å². The molecule has 2 heterocycles. The second-order valence-corrected chi connectivity index (χ2v) is 5.43. The molecular formula is C15H23N3O2. The molecular weight excluding hydrogens is 254 g/mol. The van der Waals surface area contributed by atoms with Crippen LogP contribution in [0.2, 0.25) is 0 Å². The van der Waals surface area contributed by atoms with E-state index in [1.165, 1.54) is 0 Å². The molecule has 1 amide bonds. The molecule has 1 fully saturated rings.